The molecule has 0 saturated carbocycles. The Morgan fingerprint density at radius 3 is 2.32 bits per heavy atom. The summed E-state index contributed by atoms with van der Waals surface area (Å²) >= 11 is 15.2. The zero-order valence-corrected chi connectivity index (χ0v) is 15.5. The molecule has 0 bridgehead atoms. The Morgan fingerprint density at radius 2 is 1.68 bits per heavy atom. The van der Waals surface area contributed by atoms with E-state index >= 15 is 0 Å². The number of nitrogens with zero attached hydrogens (tertiary/aromatic N) is 1. The maximum absolute atomic E-state index is 12.7. The highest BCUT2D eigenvalue weighted by atomic mass is 79.9. The predicted octanol–water partition coefficient (Wildman–Crippen LogP) is 4.42. The van der Waals surface area contributed by atoms with Gasteiger partial charge in [0.05, 0.1) is 5.69 Å². The molecule has 1 saturated heterocycles. The number of halogens is 3. The van der Waals surface area contributed by atoms with E-state index in [1.807, 2.05) is 0 Å². The SMILES string of the molecule is O=C1NC(=O)N(c2ccc(Br)cc2)C(=O)C1=Cc1ccc(Cl)cc1Cl. The summed E-state index contributed by atoms with van der Waals surface area (Å²) in [6.07, 6.45) is 1.33. The van der Waals surface area contributed by atoms with Crippen LogP contribution in [0.2, 0.25) is 10.0 Å². The molecule has 0 unspecified atom stereocenters. The van der Waals surface area contributed by atoms with Crippen LogP contribution in [0, 0.1) is 0 Å². The van der Waals surface area contributed by atoms with Crippen LogP contribution in [0.15, 0.2) is 52.5 Å². The van der Waals surface area contributed by atoms with Crippen molar-refractivity contribution in [2.45, 2.75) is 0 Å². The van der Waals surface area contributed by atoms with Gasteiger partial charge >= 0.3 is 6.03 Å². The number of carbonyl (C=O) groups is 3. The molecule has 1 fully saturated rings. The number of benzene rings is 2. The van der Waals surface area contributed by atoms with E-state index in [4.69, 9.17) is 23.2 Å². The first kappa shape index (κ1) is 17.7. The van der Waals surface area contributed by atoms with Crippen LogP contribution in [0.4, 0.5) is 10.5 Å². The van der Waals surface area contributed by atoms with E-state index in [9.17, 15) is 14.4 Å². The maximum atomic E-state index is 12.7. The van der Waals surface area contributed by atoms with Gasteiger partial charge in [0.15, 0.2) is 0 Å². The predicted molar refractivity (Wildman–Crippen MR) is 99.6 cm³/mol. The number of carbonyl (C=O) groups excluding carboxylic acids is 3. The zero-order valence-electron chi connectivity index (χ0n) is 12.4. The third kappa shape index (κ3) is 3.61. The van der Waals surface area contributed by atoms with Crippen molar-refractivity contribution in [3.8, 4) is 0 Å². The van der Waals surface area contributed by atoms with Crippen molar-refractivity contribution < 1.29 is 14.4 Å². The lowest BCUT2D eigenvalue weighted by atomic mass is 10.1. The molecule has 0 aromatic heterocycles. The van der Waals surface area contributed by atoms with E-state index in [1.165, 1.54) is 12.1 Å². The Hall–Kier alpha value is -2.15. The average Bonchev–Trinajstić information content (AvgIpc) is 2.55. The van der Waals surface area contributed by atoms with Gasteiger partial charge in [-0.2, -0.15) is 0 Å². The van der Waals surface area contributed by atoms with Crippen molar-refractivity contribution >= 4 is 68.7 Å². The van der Waals surface area contributed by atoms with Crippen LogP contribution in [0.3, 0.4) is 0 Å². The molecule has 3 rings (SSSR count). The molecule has 1 aliphatic heterocycles. The molecule has 0 radical (unpaired) electrons. The molecule has 1 heterocycles. The summed E-state index contributed by atoms with van der Waals surface area (Å²) in [5.74, 6) is -1.52. The zero-order chi connectivity index (χ0) is 18.1. The van der Waals surface area contributed by atoms with E-state index < -0.39 is 17.8 Å². The van der Waals surface area contributed by atoms with Crippen LogP contribution in [-0.2, 0) is 9.59 Å². The molecule has 2 aromatic carbocycles. The number of rotatable bonds is 2. The molecule has 1 aliphatic rings. The van der Waals surface area contributed by atoms with Crippen molar-refractivity contribution in [3.05, 3.63) is 68.1 Å². The molecule has 126 valence electrons. The molecule has 1 N–H and O–H groups in total. The Balaban J connectivity index is 2.03. The normalized spacial score (nSPS) is 16.4. The standard InChI is InChI=1S/C17H9BrCl2N2O3/c18-10-2-5-12(6-3-10)22-16(24)13(15(23)21-17(22)25)7-9-1-4-11(19)8-14(9)20/h1-8H,(H,21,23,25). The lowest BCUT2D eigenvalue weighted by molar-refractivity contribution is -0.122. The number of hydrogen-bond donors (Lipinski definition) is 1. The number of amides is 4. The number of nitrogens with one attached hydrogen (secondary N) is 1. The molecule has 5 nitrogen and oxygen atoms in total. The monoisotopic (exact) mass is 438 g/mol. The summed E-state index contributed by atoms with van der Waals surface area (Å²) in [7, 11) is 0. The van der Waals surface area contributed by atoms with Crippen LogP contribution in [0.1, 0.15) is 5.56 Å². The molecule has 0 atom stereocenters. The topological polar surface area (TPSA) is 66.5 Å². The van der Waals surface area contributed by atoms with E-state index in [-0.39, 0.29) is 10.6 Å². The first-order valence-electron chi connectivity index (χ1n) is 6.99. The Bertz CT molecular complexity index is 926. The second kappa shape index (κ2) is 7.00. The molecule has 0 spiro atoms. The number of hydrogen-bond acceptors (Lipinski definition) is 3. The summed E-state index contributed by atoms with van der Waals surface area (Å²) in [5, 5.41) is 2.87. The van der Waals surface area contributed by atoms with Crippen molar-refractivity contribution in [3.63, 3.8) is 0 Å². The smallest absolute Gasteiger partial charge is 0.273 e. The third-order valence-corrected chi connectivity index (χ3v) is 4.54. The lowest BCUT2D eigenvalue weighted by Crippen LogP contribution is -2.54. The molecular formula is C17H9BrCl2N2O3. The lowest BCUT2D eigenvalue weighted by Gasteiger charge is -2.26. The summed E-state index contributed by atoms with van der Waals surface area (Å²) in [6.45, 7) is 0. The molecule has 0 aliphatic carbocycles. The van der Waals surface area contributed by atoms with Gasteiger partial charge in [0.25, 0.3) is 11.8 Å². The minimum Gasteiger partial charge on any atom is -0.273 e. The molecular weight excluding hydrogens is 431 g/mol. The van der Waals surface area contributed by atoms with Crippen LogP contribution in [-0.4, -0.2) is 17.8 Å². The van der Waals surface area contributed by atoms with Gasteiger partial charge in [-0.1, -0.05) is 45.2 Å². The van der Waals surface area contributed by atoms with Crippen LogP contribution in [0.5, 0.6) is 0 Å². The minimum absolute atomic E-state index is 0.202. The maximum Gasteiger partial charge on any atom is 0.335 e. The van der Waals surface area contributed by atoms with E-state index in [0.717, 1.165) is 9.37 Å². The number of barbiturate groups is 1. The molecule has 25 heavy (non-hydrogen) atoms. The van der Waals surface area contributed by atoms with Gasteiger partial charge < -0.3 is 0 Å². The largest absolute Gasteiger partial charge is 0.335 e. The van der Waals surface area contributed by atoms with Gasteiger partial charge in [0, 0.05) is 14.5 Å². The van der Waals surface area contributed by atoms with Gasteiger partial charge in [0.2, 0.25) is 0 Å². The van der Waals surface area contributed by atoms with Crippen molar-refractivity contribution in [2.75, 3.05) is 4.90 Å². The van der Waals surface area contributed by atoms with Crippen molar-refractivity contribution in [1.82, 2.24) is 5.32 Å². The first-order chi connectivity index (χ1) is 11.9. The molecule has 8 heteroatoms. The summed E-state index contributed by atoms with van der Waals surface area (Å²) in [6, 6.07) is 10.4. The second-order valence-electron chi connectivity index (χ2n) is 5.10. The highest BCUT2D eigenvalue weighted by Gasteiger charge is 2.36. The quantitative estimate of drug-likeness (QED) is 0.556. The summed E-state index contributed by atoms with van der Waals surface area (Å²) in [5.41, 5.74) is 0.577. The van der Waals surface area contributed by atoms with Gasteiger partial charge in [-0.15, -0.1) is 0 Å². The molecule has 2 aromatic rings. The fourth-order valence-electron chi connectivity index (χ4n) is 2.26. The molecule has 4 amide bonds. The van der Waals surface area contributed by atoms with Crippen LogP contribution >= 0.6 is 39.1 Å². The first-order valence-corrected chi connectivity index (χ1v) is 8.54. The van der Waals surface area contributed by atoms with Gasteiger partial charge in [-0.05, 0) is 48.0 Å². The fraction of sp³-hybridized carbons (Fsp3) is 0. The van der Waals surface area contributed by atoms with Crippen molar-refractivity contribution in [1.29, 1.82) is 0 Å². The third-order valence-electron chi connectivity index (χ3n) is 3.45. The minimum atomic E-state index is -0.809. The van der Waals surface area contributed by atoms with Gasteiger partial charge in [0.1, 0.15) is 5.57 Å². The van der Waals surface area contributed by atoms with E-state index in [1.54, 1.807) is 36.4 Å². The Kier molecular flexibility index (Phi) is 4.94. The van der Waals surface area contributed by atoms with Crippen molar-refractivity contribution in [2.24, 2.45) is 0 Å². The second-order valence-corrected chi connectivity index (χ2v) is 6.86. The Morgan fingerprint density at radius 1 is 1.00 bits per heavy atom. The van der Waals surface area contributed by atoms with Crippen LogP contribution in [0.25, 0.3) is 6.08 Å². The number of urea groups is 1. The van der Waals surface area contributed by atoms with E-state index in [0.29, 0.717) is 16.3 Å². The van der Waals surface area contributed by atoms with Gasteiger partial charge in [-0.25, -0.2) is 9.69 Å². The average molecular weight is 440 g/mol. The number of anilines is 1. The number of imide groups is 2. The summed E-state index contributed by atoms with van der Waals surface area (Å²) < 4.78 is 0.793. The fourth-order valence-corrected chi connectivity index (χ4v) is 2.98. The van der Waals surface area contributed by atoms with Gasteiger partial charge in [-0.3, -0.25) is 14.9 Å². The van der Waals surface area contributed by atoms with E-state index in [2.05, 4.69) is 21.2 Å². The Labute approximate surface area is 161 Å². The highest BCUT2D eigenvalue weighted by molar-refractivity contribution is 9.10. The van der Waals surface area contributed by atoms with Crippen LogP contribution < -0.4 is 10.2 Å². The summed E-state index contributed by atoms with van der Waals surface area (Å²) in [4.78, 5) is 37.8. The highest BCUT2D eigenvalue weighted by Crippen LogP contribution is 2.26.